The highest BCUT2D eigenvalue weighted by atomic mass is 32.1. The molecular weight excluding hydrogens is 558 g/mol. The van der Waals surface area contributed by atoms with Gasteiger partial charge in [0.15, 0.2) is 0 Å². The Morgan fingerprint density at radius 2 is 1.83 bits per heavy atom. The van der Waals surface area contributed by atoms with Gasteiger partial charge < -0.3 is 29.9 Å². The molecule has 11 nitrogen and oxygen atoms in total. The molecule has 1 spiro atoms. The van der Waals surface area contributed by atoms with E-state index in [0.717, 1.165) is 32.1 Å². The van der Waals surface area contributed by atoms with Crippen molar-refractivity contribution in [1.82, 2.24) is 25.4 Å². The van der Waals surface area contributed by atoms with Gasteiger partial charge in [0.1, 0.15) is 10.9 Å². The van der Waals surface area contributed by atoms with Crippen molar-refractivity contribution in [1.29, 1.82) is 0 Å². The van der Waals surface area contributed by atoms with Gasteiger partial charge in [-0.25, -0.2) is 0 Å². The number of amides is 4. The number of carbonyl (C=O) groups is 4. The average molecular weight is 602 g/mol. The molecule has 7 rings (SSSR count). The van der Waals surface area contributed by atoms with Gasteiger partial charge in [-0.15, -0.1) is 11.3 Å². The van der Waals surface area contributed by atoms with Crippen molar-refractivity contribution in [3.05, 3.63) is 16.6 Å². The third-order valence-electron chi connectivity index (χ3n) is 10.6. The van der Waals surface area contributed by atoms with E-state index in [2.05, 4.69) is 29.5 Å². The predicted molar refractivity (Wildman–Crippen MR) is 154 cm³/mol. The monoisotopic (exact) mass is 601 g/mol. The van der Waals surface area contributed by atoms with Gasteiger partial charge in [-0.1, -0.05) is 13.8 Å². The van der Waals surface area contributed by atoms with E-state index < -0.39 is 23.5 Å². The zero-order valence-electron chi connectivity index (χ0n) is 25.0. The summed E-state index contributed by atoms with van der Waals surface area (Å²) in [5, 5.41) is 5.66. The fraction of sp³-hybridized carbons (Fsp3) is 0.767. The molecule has 4 saturated heterocycles. The van der Waals surface area contributed by atoms with E-state index in [1.807, 2.05) is 11.8 Å². The second kappa shape index (κ2) is 10.9. The second-order valence-electron chi connectivity index (χ2n) is 14.0. The number of ether oxygens (including phenoxy) is 2. The first-order valence-electron chi connectivity index (χ1n) is 15.2. The van der Waals surface area contributed by atoms with Crippen LogP contribution in [0.15, 0.2) is 11.7 Å². The molecule has 6 aliphatic rings. The SMILES string of the molecule is CNC(=O)[C@@H](NC(=O)[C@@H]1CN(C(=O)c2cncs2)CC12CN(C(=O)[C@H]1CC1(C)C)C2)[C@@H](C)OCC12CCC(CC1)OC2. The lowest BCUT2D eigenvalue weighted by Gasteiger charge is -2.50. The number of hydrogen-bond acceptors (Lipinski definition) is 8. The summed E-state index contributed by atoms with van der Waals surface area (Å²) in [6, 6.07) is -0.895. The van der Waals surface area contributed by atoms with Crippen molar-refractivity contribution in [2.24, 2.45) is 28.1 Å². The number of thiazole rings is 1. The number of likely N-dealkylation sites (tertiary alicyclic amines) is 2. The molecule has 1 aromatic rings. The Morgan fingerprint density at radius 3 is 2.40 bits per heavy atom. The van der Waals surface area contributed by atoms with Crippen LogP contribution in [0.2, 0.25) is 0 Å². The average Bonchev–Trinajstić information content (AvgIpc) is 3.35. The van der Waals surface area contributed by atoms with Gasteiger partial charge in [0.05, 0.1) is 43.0 Å². The quantitative estimate of drug-likeness (QED) is 0.441. The minimum Gasteiger partial charge on any atom is -0.378 e. The van der Waals surface area contributed by atoms with Gasteiger partial charge in [-0.05, 0) is 44.4 Å². The summed E-state index contributed by atoms with van der Waals surface area (Å²) in [5.41, 5.74) is 1.03. The minimum atomic E-state index is -0.895. The third-order valence-corrected chi connectivity index (χ3v) is 11.4. The van der Waals surface area contributed by atoms with Gasteiger partial charge in [0.25, 0.3) is 5.91 Å². The fourth-order valence-electron chi connectivity index (χ4n) is 7.47. The van der Waals surface area contributed by atoms with E-state index in [0.29, 0.717) is 43.8 Å². The van der Waals surface area contributed by atoms with E-state index in [1.54, 1.807) is 23.7 Å². The molecular formula is C30H43N5O6S. The Bertz CT molecular complexity index is 1210. The van der Waals surface area contributed by atoms with E-state index in [-0.39, 0.29) is 46.9 Å². The molecule has 2 saturated carbocycles. The number of carbonyl (C=O) groups excluding carboxylic acids is 4. The molecule has 2 N–H and O–H groups in total. The lowest BCUT2D eigenvalue weighted by Crippen LogP contribution is -2.65. The minimum absolute atomic E-state index is 0.0122. The Balaban J connectivity index is 1.15. The van der Waals surface area contributed by atoms with Crippen molar-refractivity contribution in [2.45, 2.75) is 71.1 Å². The maximum absolute atomic E-state index is 14.0. The van der Waals surface area contributed by atoms with Gasteiger partial charge in [-0.2, -0.15) is 0 Å². The summed E-state index contributed by atoms with van der Waals surface area (Å²) in [4.78, 5) is 61.5. The zero-order chi connectivity index (χ0) is 29.9. The molecule has 4 amide bonds. The van der Waals surface area contributed by atoms with Gasteiger partial charge >= 0.3 is 0 Å². The van der Waals surface area contributed by atoms with E-state index in [1.165, 1.54) is 11.3 Å². The van der Waals surface area contributed by atoms with Gasteiger partial charge in [0, 0.05) is 50.0 Å². The first-order valence-corrected chi connectivity index (χ1v) is 16.1. The normalized spacial score (nSPS) is 31.8. The van der Waals surface area contributed by atoms with Crippen molar-refractivity contribution in [3.8, 4) is 0 Å². The molecule has 5 heterocycles. The van der Waals surface area contributed by atoms with Crippen molar-refractivity contribution in [2.75, 3.05) is 46.4 Å². The summed E-state index contributed by atoms with van der Waals surface area (Å²) in [6.45, 7) is 8.59. The molecule has 230 valence electrons. The van der Waals surface area contributed by atoms with Crippen LogP contribution in [0.3, 0.4) is 0 Å². The highest BCUT2D eigenvalue weighted by Crippen LogP contribution is 2.54. The summed E-state index contributed by atoms with van der Waals surface area (Å²) >= 11 is 1.27. The Kier molecular flexibility index (Phi) is 7.62. The molecule has 4 aliphatic heterocycles. The van der Waals surface area contributed by atoms with Crippen molar-refractivity contribution >= 4 is 35.0 Å². The molecule has 2 bridgehead atoms. The summed E-state index contributed by atoms with van der Waals surface area (Å²) in [5.74, 6) is -1.21. The van der Waals surface area contributed by atoms with Crippen LogP contribution >= 0.6 is 11.3 Å². The van der Waals surface area contributed by atoms with Gasteiger partial charge in [-0.3, -0.25) is 24.2 Å². The van der Waals surface area contributed by atoms with Crippen LogP contribution in [-0.4, -0.2) is 103 Å². The van der Waals surface area contributed by atoms with Crippen LogP contribution in [-0.2, 0) is 23.9 Å². The molecule has 4 atom stereocenters. The largest absolute Gasteiger partial charge is 0.378 e. The number of aromatic nitrogens is 1. The molecule has 0 radical (unpaired) electrons. The van der Waals surface area contributed by atoms with E-state index >= 15 is 0 Å². The molecule has 2 aliphatic carbocycles. The van der Waals surface area contributed by atoms with Gasteiger partial charge in [0.2, 0.25) is 17.7 Å². The maximum atomic E-state index is 14.0. The topological polar surface area (TPSA) is 130 Å². The number of fused-ring (bicyclic) bond motifs is 3. The summed E-state index contributed by atoms with van der Waals surface area (Å²) in [6.07, 6.45) is 6.37. The first-order chi connectivity index (χ1) is 20.0. The Labute approximate surface area is 251 Å². The van der Waals surface area contributed by atoms with E-state index in [9.17, 15) is 19.2 Å². The number of hydrogen-bond donors (Lipinski definition) is 2. The standard InChI is InChI=1S/C30H43N5O6S/c1-18(40-15-29-7-5-19(6-8-29)41-16-29)23(25(37)31-4)33-24(36)21-11-34(27(39)22-10-32-17-42-22)12-30(21)13-35(14-30)26(38)20-9-28(20,2)3/h10,17-21,23H,5-9,11-16H2,1-4H3,(H,31,37)(H,33,36)/t18-,19?,20-,21+,23+,29?/m1/s1. The highest BCUT2D eigenvalue weighted by molar-refractivity contribution is 7.11. The van der Waals surface area contributed by atoms with Crippen LogP contribution in [0.1, 0.15) is 62.5 Å². The molecule has 0 unspecified atom stereocenters. The van der Waals surface area contributed by atoms with Crippen LogP contribution in [0.5, 0.6) is 0 Å². The second-order valence-corrected chi connectivity index (χ2v) is 14.9. The fourth-order valence-corrected chi connectivity index (χ4v) is 8.05. The molecule has 1 aromatic heterocycles. The molecule has 12 heteroatoms. The van der Waals surface area contributed by atoms with Crippen LogP contribution < -0.4 is 10.6 Å². The summed E-state index contributed by atoms with van der Waals surface area (Å²) in [7, 11) is 1.55. The smallest absolute Gasteiger partial charge is 0.265 e. The van der Waals surface area contributed by atoms with Crippen molar-refractivity contribution in [3.63, 3.8) is 0 Å². The Hall–Kier alpha value is -2.57. The number of rotatable bonds is 9. The molecule has 0 aromatic carbocycles. The zero-order valence-corrected chi connectivity index (χ0v) is 25.8. The first kappa shape index (κ1) is 29.5. The lowest BCUT2D eigenvalue weighted by atomic mass is 9.70. The third kappa shape index (κ3) is 5.34. The maximum Gasteiger partial charge on any atom is 0.265 e. The van der Waals surface area contributed by atoms with Crippen LogP contribution in [0.25, 0.3) is 0 Å². The van der Waals surface area contributed by atoms with Crippen LogP contribution in [0.4, 0.5) is 0 Å². The lowest BCUT2D eigenvalue weighted by molar-refractivity contribution is -0.157. The van der Waals surface area contributed by atoms with Crippen LogP contribution in [0, 0.1) is 28.1 Å². The van der Waals surface area contributed by atoms with E-state index in [4.69, 9.17) is 9.47 Å². The number of nitrogens with one attached hydrogen (secondary N) is 2. The number of nitrogens with zero attached hydrogens (tertiary/aromatic N) is 3. The highest BCUT2D eigenvalue weighted by Gasteiger charge is 2.62. The molecule has 6 fully saturated rings. The van der Waals surface area contributed by atoms with Crippen molar-refractivity contribution < 1.29 is 28.7 Å². The summed E-state index contributed by atoms with van der Waals surface area (Å²) < 4.78 is 12.2. The molecule has 42 heavy (non-hydrogen) atoms. The predicted octanol–water partition coefficient (Wildman–Crippen LogP) is 1.68. The number of likely N-dealkylation sites (N-methyl/N-ethyl adjacent to an activating group) is 1. The Morgan fingerprint density at radius 1 is 1.14 bits per heavy atom.